The Morgan fingerprint density at radius 1 is 1.19 bits per heavy atom. The average Bonchev–Trinajstić information content (AvgIpc) is 2.95. The molecule has 0 aliphatic heterocycles. The van der Waals surface area contributed by atoms with Gasteiger partial charge in [-0.15, -0.1) is 0 Å². The molecule has 0 unspecified atom stereocenters. The van der Waals surface area contributed by atoms with Gasteiger partial charge in [-0.05, 0) is 55.8 Å². The first-order valence-electron chi connectivity index (χ1n) is 8.51. The number of halogens is 3. The van der Waals surface area contributed by atoms with Crippen LogP contribution in [0.25, 0.3) is 5.69 Å². The number of hydrogen-bond donors (Lipinski definition) is 1. The lowest BCUT2D eigenvalue weighted by Crippen LogP contribution is -2.19. The molecule has 4 nitrogen and oxygen atoms in total. The molecule has 0 aliphatic rings. The molecular formula is C20H18Cl2FN3O. The monoisotopic (exact) mass is 405 g/mol. The molecule has 2 aromatic carbocycles. The van der Waals surface area contributed by atoms with E-state index in [2.05, 4.69) is 10.1 Å². The van der Waals surface area contributed by atoms with E-state index < -0.39 is 0 Å². The Bertz CT molecular complexity index is 1050. The number of aliphatic imine (C=N–C) groups is 1. The zero-order valence-electron chi connectivity index (χ0n) is 14.9. The summed E-state index contributed by atoms with van der Waals surface area (Å²) in [6.45, 7) is 3.79. The molecule has 3 rings (SSSR count). The quantitative estimate of drug-likeness (QED) is 0.543. The zero-order valence-corrected chi connectivity index (χ0v) is 16.4. The number of benzene rings is 2. The largest absolute Gasteiger partial charge is 0.294 e. The van der Waals surface area contributed by atoms with E-state index >= 15 is 0 Å². The lowest BCUT2D eigenvalue weighted by Gasteiger charge is -2.03. The summed E-state index contributed by atoms with van der Waals surface area (Å²) in [6, 6.07) is 10.7. The molecule has 0 radical (unpaired) electrons. The zero-order chi connectivity index (χ0) is 19.6. The van der Waals surface area contributed by atoms with Gasteiger partial charge in [0.1, 0.15) is 5.82 Å². The molecule has 27 heavy (non-hydrogen) atoms. The van der Waals surface area contributed by atoms with Crippen molar-refractivity contribution in [1.29, 1.82) is 0 Å². The van der Waals surface area contributed by atoms with Gasteiger partial charge in [-0.2, -0.15) is 0 Å². The second-order valence-corrected chi connectivity index (χ2v) is 6.97. The number of aromatic amines is 1. The Kier molecular flexibility index (Phi) is 5.82. The van der Waals surface area contributed by atoms with Crippen LogP contribution < -0.4 is 5.56 Å². The Labute approximate surface area is 166 Å². The van der Waals surface area contributed by atoms with Crippen LogP contribution in [0.15, 0.2) is 52.3 Å². The predicted octanol–water partition coefficient (Wildman–Crippen LogP) is 5.70. The van der Waals surface area contributed by atoms with E-state index in [9.17, 15) is 9.18 Å². The molecule has 0 amide bonds. The van der Waals surface area contributed by atoms with Crippen LogP contribution in [0.2, 0.25) is 10.0 Å². The van der Waals surface area contributed by atoms with Crippen LogP contribution in [0, 0.1) is 5.82 Å². The minimum atomic E-state index is -0.360. The van der Waals surface area contributed by atoms with Crippen LogP contribution in [0.4, 0.5) is 10.1 Å². The van der Waals surface area contributed by atoms with Crippen molar-refractivity contribution in [2.75, 3.05) is 0 Å². The Hall–Kier alpha value is -2.37. The highest BCUT2D eigenvalue weighted by Crippen LogP contribution is 2.29. The Morgan fingerprint density at radius 2 is 1.89 bits per heavy atom. The van der Waals surface area contributed by atoms with Gasteiger partial charge in [-0.25, -0.2) is 9.07 Å². The van der Waals surface area contributed by atoms with E-state index in [1.165, 1.54) is 16.8 Å². The van der Waals surface area contributed by atoms with Gasteiger partial charge < -0.3 is 0 Å². The predicted molar refractivity (Wildman–Crippen MR) is 109 cm³/mol. The number of rotatable bonds is 5. The summed E-state index contributed by atoms with van der Waals surface area (Å²) >= 11 is 12.2. The van der Waals surface area contributed by atoms with E-state index in [1.807, 2.05) is 6.92 Å². The number of nitrogens with one attached hydrogen (secondary N) is 1. The first-order chi connectivity index (χ1) is 12.9. The average molecular weight is 406 g/mol. The molecule has 3 aromatic rings. The van der Waals surface area contributed by atoms with Crippen LogP contribution in [-0.2, 0) is 6.42 Å². The number of aryl methyl sites for hydroxylation is 1. The first-order valence-corrected chi connectivity index (χ1v) is 9.27. The van der Waals surface area contributed by atoms with Crippen LogP contribution in [0.3, 0.4) is 0 Å². The first kappa shape index (κ1) is 19.4. The molecule has 7 heteroatoms. The minimum Gasteiger partial charge on any atom is -0.294 e. The van der Waals surface area contributed by atoms with Crippen molar-refractivity contribution in [3.63, 3.8) is 0 Å². The summed E-state index contributed by atoms with van der Waals surface area (Å²) in [5, 5.41) is 4.08. The van der Waals surface area contributed by atoms with Crippen molar-refractivity contribution in [3.8, 4) is 5.69 Å². The van der Waals surface area contributed by atoms with Gasteiger partial charge in [0.15, 0.2) is 0 Å². The van der Waals surface area contributed by atoms with Gasteiger partial charge in [0.05, 0.1) is 27.7 Å². The van der Waals surface area contributed by atoms with Crippen molar-refractivity contribution in [1.82, 2.24) is 9.78 Å². The lowest BCUT2D eigenvalue weighted by atomic mass is 10.1. The number of nitrogens with zero attached hydrogens (tertiary/aromatic N) is 2. The third-order valence-corrected chi connectivity index (χ3v) is 4.66. The highest BCUT2D eigenvalue weighted by Gasteiger charge is 2.18. The summed E-state index contributed by atoms with van der Waals surface area (Å²) < 4.78 is 14.6. The summed E-state index contributed by atoms with van der Waals surface area (Å²) in [6.07, 6.45) is 1.52. The molecule has 1 N–H and O–H groups in total. The maximum absolute atomic E-state index is 13.2. The summed E-state index contributed by atoms with van der Waals surface area (Å²) in [7, 11) is 0. The van der Waals surface area contributed by atoms with E-state index in [-0.39, 0.29) is 11.4 Å². The van der Waals surface area contributed by atoms with Gasteiger partial charge in [0, 0.05) is 10.7 Å². The topological polar surface area (TPSA) is 50.1 Å². The number of aromatic nitrogens is 2. The second kappa shape index (κ2) is 8.11. The van der Waals surface area contributed by atoms with Crippen molar-refractivity contribution in [2.45, 2.75) is 26.7 Å². The van der Waals surface area contributed by atoms with Gasteiger partial charge >= 0.3 is 0 Å². The van der Waals surface area contributed by atoms with Crippen LogP contribution in [-0.4, -0.2) is 15.5 Å². The van der Waals surface area contributed by atoms with Crippen molar-refractivity contribution < 1.29 is 4.39 Å². The fourth-order valence-electron chi connectivity index (χ4n) is 2.87. The van der Waals surface area contributed by atoms with E-state index in [1.54, 1.807) is 37.3 Å². The fourth-order valence-corrected chi connectivity index (χ4v) is 3.19. The van der Waals surface area contributed by atoms with Crippen molar-refractivity contribution in [2.24, 2.45) is 4.99 Å². The number of H-pyrrole nitrogens is 1. The maximum Gasteiger partial charge on any atom is 0.280 e. The van der Waals surface area contributed by atoms with Gasteiger partial charge in [-0.1, -0.05) is 36.5 Å². The van der Waals surface area contributed by atoms with Crippen LogP contribution >= 0.6 is 23.2 Å². The molecule has 0 bridgehead atoms. The maximum atomic E-state index is 13.2. The molecule has 0 spiro atoms. The number of hydrogen-bond acceptors (Lipinski definition) is 2. The molecule has 140 valence electrons. The normalized spacial score (nSPS) is 11.8. The highest BCUT2D eigenvalue weighted by molar-refractivity contribution is 6.35. The summed E-state index contributed by atoms with van der Waals surface area (Å²) in [5.41, 5.74) is 2.59. The van der Waals surface area contributed by atoms with Crippen LogP contribution in [0.1, 0.15) is 31.5 Å². The summed E-state index contributed by atoms with van der Waals surface area (Å²) in [4.78, 5) is 17.6. The molecule has 0 saturated heterocycles. The minimum absolute atomic E-state index is 0.246. The molecule has 0 atom stereocenters. The molecule has 1 heterocycles. The van der Waals surface area contributed by atoms with Gasteiger partial charge in [-0.3, -0.25) is 14.9 Å². The molecule has 1 aromatic heterocycles. The van der Waals surface area contributed by atoms with E-state index in [4.69, 9.17) is 23.2 Å². The standard InChI is InChI=1S/C20H18Cl2FN3O/c1-3-4-17-19(12(2)24-18-11-13(21)5-10-16(18)22)20(27)26(25-17)15-8-6-14(23)7-9-15/h5-11,25H,3-4H2,1-2H3. The fraction of sp³-hybridized carbons (Fsp3) is 0.200. The SMILES string of the molecule is CCCc1[nH]n(-c2ccc(F)cc2)c(=O)c1C(C)=Nc1cc(Cl)ccc1Cl. The molecule has 0 aliphatic carbocycles. The van der Waals surface area contributed by atoms with E-state index in [0.29, 0.717) is 39.1 Å². The van der Waals surface area contributed by atoms with Crippen molar-refractivity contribution >= 4 is 34.6 Å². The molecule has 0 fully saturated rings. The smallest absolute Gasteiger partial charge is 0.280 e. The van der Waals surface area contributed by atoms with Gasteiger partial charge in [0.2, 0.25) is 0 Å². The van der Waals surface area contributed by atoms with E-state index in [0.717, 1.165) is 12.1 Å². The molecular weight excluding hydrogens is 388 g/mol. The van der Waals surface area contributed by atoms with Gasteiger partial charge in [0.25, 0.3) is 5.56 Å². The lowest BCUT2D eigenvalue weighted by molar-refractivity contribution is 0.626. The second-order valence-electron chi connectivity index (χ2n) is 6.13. The van der Waals surface area contributed by atoms with Crippen LogP contribution in [0.5, 0.6) is 0 Å². The molecule has 0 saturated carbocycles. The highest BCUT2D eigenvalue weighted by atomic mass is 35.5. The van der Waals surface area contributed by atoms with Crippen molar-refractivity contribution in [3.05, 3.63) is 79.9 Å². The third-order valence-electron chi connectivity index (χ3n) is 4.11. The third kappa shape index (κ3) is 4.15. The summed E-state index contributed by atoms with van der Waals surface area (Å²) in [5.74, 6) is -0.360. The Morgan fingerprint density at radius 3 is 2.56 bits per heavy atom. The Balaban J connectivity index is 2.13.